The van der Waals surface area contributed by atoms with Crippen LogP contribution in [0.3, 0.4) is 0 Å². The Kier molecular flexibility index (Phi) is 4.81. The number of aromatic nitrogens is 1. The number of hydrogen-bond donors (Lipinski definition) is 1. The van der Waals surface area contributed by atoms with Gasteiger partial charge in [-0.15, -0.1) is 11.3 Å². The van der Waals surface area contributed by atoms with E-state index in [9.17, 15) is 9.18 Å². The third-order valence-electron chi connectivity index (χ3n) is 5.21. The summed E-state index contributed by atoms with van der Waals surface area (Å²) in [5.74, 6) is -0.521. The Bertz CT molecular complexity index is 1220. The molecule has 2 aromatic carbocycles. The van der Waals surface area contributed by atoms with E-state index < -0.39 is 5.82 Å². The van der Waals surface area contributed by atoms with Gasteiger partial charge in [-0.3, -0.25) is 0 Å². The fourth-order valence-corrected chi connectivity index (χ4v) is 4.88. The SMILES string of the molecule is O=C(Nc1ccc(F)c(Cl)c1)N1Cc2ccccc2-n2cccc2[C@H]1c1cccs1. The molecule has 5 rings (SSSR count). The van der Waals surface area contributed by atoms with Crippen molar-refractivity contribution in [2.24, 2.45) is 0 Å². The van der Waals surface area contributed by atoms with E-state index in [0.29, 0.717) is 12.2 Å². The quantitative estimate of drug-likeness (QED) is 0.383. The summed E-state index contributed by atoms with van der Waals surface area (Å²) in [5, 5.41) is 4.86. The van der Waals surface area contributed by atoms with Crippen LogP contribution >= 0.6 is 22.9 Å². The molecular weight excluding hydrogens is 421 g/mol. The number of halogens is 2. The number of anilines is 1. The van der Waals surface area contributed by atoms with E-state index in [2.05, 4.69) is 16.0 Å². The fraction of sp³-hybridized carbons (Fsp3) is 0.0870. The van der Waals surface area contributed by atoms with E-state index in [-0.39, 0.29) is 17.1 Å². The molecule has 2 amide bonds. The molecule has 1 N–H and O–H groups in total. The summed E-state index contributed by atoms with van der Waals surface area (Å²) in [6.07, 6.45) is 2.02. The van der Waals surface area contributed by atoms with E-state index in [1.54, 1.807) is 16.2 Å². The van der Waals surface area contributed by atoms with Gasteiger partial charge in [0.25, 0.3) is 0 Å². The average molecular weight is 438 g/mol. The van der Waals surface area contributed by atoms with E-state index in [1.165, 1.54) is 18.2 Å². The van der Waals surface area contributed by atoms with Crippen molar-refractivity contribution in [1.29, 1.82) is 0 Å². The number of nitrogens with zero attached hydrogens (tertiary/aromatic N) is 2. The molecule has 2 aromatic heterocycles. The first kappa shape index (κ1) is 18.9. The zero-order valence-corrected chi connectivity index (χ0v) is 17.3. The Hall–Kier alpha value is -3.09. The summed E-state index contributed by atoms with van der Waals surface area (Å²) in [5.41, 5.74) is 3.56. The van der Waals surface area contributed by atoms with E-state index in [4.69, 9.17) is 11.6 Å². The summed E-state index contributed by atoms with van der Waals surface area (Å²) in [7, 11) is 0. The number of urea groups is 1. The Labute approximate surface area is 182 Å². The summed E-state index contributed by atoms with van der Waals surface area (Å²) in [6, 6.07) is 19.8. The number of amides is 2. The van der Waals surface area contributed by atoms with Gasteiger partial charge in [0.2, 0.25) is 0 Å². The smallest absolute Gasteiger partial charge is 0.318 e. The first-order chi connectivity index (χ1) is 14.6. The third kappa shape index (κ3) is 3.28. The molecule has 1 aliphatic heterocycles. The van der Waals surface area contributed by atoms with Crippen LogP contribution in [0.15, 0.2) is 78.3 Å². The molecule has 0 spiro atoms. The second-order valence-electron chi connectivity index (χ2n) is 7.04. The van der Waals surface area contributed by atoms with Crippen LogP contribution in [0.2, 0.25) is 5.02 Å². The van der Waals surface area contributed by atoms with E-state index in [0.717, 1.165) is 21.8 Å². The summed E-state index contributed by atoms with van der Waals surface area (Å²) >= 11 is 7.51. The number of nitrogens with one attached hydrogen (secondary N) is 1. The maximum atomic E-state index is 13.5. The minimum Gasteiger partial charge on any atom is -0.318 e. The van der Waals surface area contributed by atoms with Gasteiger partial charge < -0.3 is 14.8 Å². The molecule has 30 heavy (non-hydrogen) atoms. The molecular formula is C23H17ClFN3OS. The highest BCUT2D eigenvalue weighted by molar-refractivity contribution is 7.10. The molecule has 4 nitrogen and oxygen atoms in total. The molecule has 4 aromatic rings. The van der Waals surface area contributed by atoms with Crippen LogP contribution in [0.1, 0.15) is 22.2 Å². The Morgan fingerprint density at radius 3 is 2.77 bits per heavy atom. The number of carbonyl (C=O) groups excluding carboxylic acids is 1. The van der Waals surface area contributed by atoms with Crippen LogP contribution in [0, 0.1) is 5.82 Å². The number of benzene rings is 2. The molecule has 1 aliphatic rings. The maximum absolute atomic E-state index is 13.5. The lowest BCUT2D eigenvalue weighted by atomic mass is 10.1. The lowest BCUT2D eigenvalue weighted by Gasteiger charge is -2.30. The van der Waals surface area contributed by atoms with Gasteiger partial charge in [0.1, 0.15) is 11.9 Å². The molecule has 0 fully saturated rings. The Morgan fingerprint density at radius 2 is 1.97 bits per heavy atom. The molecule has 1 atom stereocenters. The fourth-order valence-electron chi connectivity index (χ4n) is 3.85. The van der Waals surface area contributed by atoms with Gasteiger partial charge in [-0.1, -0.05) is 35.9 Å². The summed E-state index contributed by atoms with van der Waals surface area (Å²) in [6.45, 7) is 0.432. The number of carbonyl (C=O) groups is 1. The normalized spacial score (nSPS) is 15.3. The van der Waals surface area contributed by atoms with Crippen molar-refractivity contribution >= 4 is 34.7 Å². The highest BCUT2D eigenvalue weighted by atomic mass is 35.5. The monoisotopic (exact) mass is 437 g/mol. The number of rotatable bonds is 2. The second-order valence-corrected chi connectivity index (χ2v) is 8.42. The molecule has 0 unspecified atom stereocenters. The molecule has 3 heterocycles. The third-order valence-corrected chi connectivity index (χ3v) is 6.42. The van der Waals surface area contributed by atoms with Crippen LogP contribution < -0.4 is 5.32 Å². The molecule has 150 valence electrons. The van der Waals surface area contributed by atoms with Crippen molar-refractivity contribution in [3.8, 4) is 5.69 Å². The molecule has 7 heteroatoms. The highest BCUT2D eigenvalue weighted by Gasteiger charge is 2.33. The largest absolute Gasteiger partial charge is 0.323 e. The maximum Gasteiger partial charge on any atom is 0.323 e. The van der Waals surface area contributed by atoms with E-state index in [1.807, 2.05) is 54.0 Å². The van der Waals surface area contributed by atoms with Crippen molar-refractivity contribution in [1.82, 2.24) is 9.47 Å². The zero-order valence-electron chi connectivity index (χ0n) is 15.8. The van der Waals surface area contributed by atoms with Crippen molar-refractivity contribution in [2.45, 2.75) is 12.6 Å². The zero-order chi connectivity index (χ0) is 20.7. The summed E-state index contributed by atoms with van der Waals surface area (Å²) < 4.78 is 15.7. The molecule has 0 saturated heterocycles. The molecule has 0 aliphatic carbocycles. The predicted octanol–water partition coefficient (Wildman–Crippen LogP) is 6.47. The van der Waals surface area contributed by atoms with Gasteiger partial charge >= 0.3 is 6.03 Å². The van der Waals surface area contributed by atoms with Gasteiger partial charge in [-0.2, -0.15) is 0 Å². The van der Waals surface area contributed by atoms with Gasteiger partial charge in [0, 0.05) is 16.8 Å². The standard InChI is InChI=1S/C23H17ClFN3OS/c24-17-13-16(9-10-18(17)25)26-23(29)28-14-15-5-1-2-6-19(15)27-11-3-7-20(27)22(28)21-8-4-12-30-21/h1-13,22H,14H2,(H,26,29)/t22-/m0/s1. The first-order valence-corrected chi connectivity index (χ1v) is 10.7. The minimum atomic E-state index is -0.521. The van der Waals surface area contributed by atoms with Crippen LogP contribution in [0.25, 0.3) is 5.69 Å². The van der Waals surface area contributed by atoms with Gasteiger partial charge in [-0.25, -0.2) is 9.18 Å². The van der Waals surface area contributed by atoms with Crippen LogP contribution in [0.4, 0.5) is 14.9 Å². The predicted molar refractivity (Wildman–Crippen MR) is 118 cm³/mol. The number of hydrogen-bond acceptors (Lipinski definition) is 2. The topological polar surface area (TPSA) is 37.3 Å². The van der Waals surface area contributed by atoms with Crippen LogP contribution in [-0.2, 0) is 6.54 Å². The number of thiophene rings is 1. The van der Waals surface area contributed by atoms with Crippen molar-refractivity contribution in [3.63, 3.8) is 0 Å². The lowest BCUT2D eigenvalue weighted by molar-refractivity contribution is 0.195. The molecule has 0 saturated carbocycles. The first-order valence-electron chi connectivity index (χ1n) is 9.43. The van der Waals surface area contributed by atoms with Crippen molar-refractivity contribution in [2.75, 3.05) is 5.32 Å². The molecule has 0 radical (unpaired) electrons. The average Bonchev–Trinajstić information content (AvgIpc) is 3.42. The number of fused-ring (bicyclic) bond motifs is 3. The van der Waals surface area contributed by atoms with E-state index >= 15 is 0 Å². The number of para-hydroxylation sites is 1. The Balaban J connectivity index is 1.60. The van der Waals surface area contributed by atoms with Gasteiger partial charge in [0.15, 0.2) is 0 Å². The minimum absolute atomic E-state index is 0.0299. The Morgan fingerprint density at radius 1 is 1.10 bits per heavy atom. The summed E-state index contributed by atoms with van der Waals surface area (Å²) in [4.78, 5) is 16.3. The van der Waals surface area contributed by atoms with Gasteiger partial charge in [0.05, 0.1) is 22.9 Å². The van der Waals surface area contributed by atoms with Crippen LogP contribution in [0.5, 0.6) is 0 Å². The molecule has 0 bridgehead atoms. The lowest BCUT2D eigenvalue weighted by Crippen LogP contribution is -2.37. The van der Waals surface area contributed by atoms with Crippen molar-refractivity contribution in [3.05, 3.63) is 105 Å². The second kappa shape index (κ2) is 7.63. The van der Waals surface area contributed by atoms with Crippen LogP contribution in [-0.4, -0.2) is 15.5 Å². The van der Waals surface area contributed by atoms with Gasteiger partial charge in [-0.05, 0) is 53.4 Å². The highest BCUT2D eigenvalue weighted by Crippen LogP contribution is 2.38. The van der Waals surface area contributed by atoms with Crippen molar-refractivity contribution < 1.29 is 9.18 Å².